The first-order chi connectivity index (χ1) is 6.49. The van der Waals surface area contributed by atoms with Crippen molar-refractivity contribution in [2.45, 2.75) is 13.0 Å². The van der Waals surface area contributed by atoms with Gasteiger partial charge < -0.3 is 14.8 Å². The van der Waals surface area contributed by atoms with E-state index >= 15 is 0 Å². The van der Waals surface area contributed by atoms with E-state index in [0.717, 1.165) is 4.57 Å². The minimum Gasteiger partial charge on any atom is -0.503 e. The van der Waals surface area contributed by atoms with Crippen LogP contribution >= 0.6 is 0 Å². The van der Waals surface area contributed by atoms with Crippen molar-refractivity contribution >= 4 is 0 Å². The van der Waals surface area contributed by atoms with Crippen LogP contribution in [0.5, 0.6) is 5.75 Å². The fourth-order valence-electron chi connectivity index (χ4n) is 1.15. The molecule has 0 fully saturated rings. The minimum atomic E-state index is -2.82. The molecule has 0 bridgehead atoms. The van der Waals surface area contributed by atoms with Gasteiger partial charge in [-0.15, -0.1) is 0 Å². The third-order valence-corrected chi connectivity index (χ3v) is 1.95. The van der Waals surface area contributed by atoms with E-state index in [0.29, 0.717) is 6.07 Å². The monoisotopic (exact) mass is 205 g/mol. The van der Waals surface area contributed by atoms with Crippen LogP contribution in [0.1, 0.15) is 17.8 Å². The van der Waals surface area contributed by atoms with E-state index in [1.54, 1.807) is 0 Å². The summed E-state index contributed by atoms with van der Waals surface area (Å²) in [6, 6.07) is 0.652. The van der Waals surface area contributed by atoms with E-state index in [4.69, 9.17) is 10.2 Å². The molecule has 6 heteroatoms. The lowest BCUT2D eigenvalue weighted by atomic mass is 10.2. The summed E-state index contributed by atoms with van der Waals surface area (Å²) in [5.41, 5.74) is -1.66. The normalized spacial score (nSPS) is 10.9. The maximum absolute atomic E-state index is 12.3. The topological polar surface area (TPSA) is 62.5 Å². The molecule has 0 spiro atoms. The highest BCUT2D eigenvalue weighted by molar-refractivity contribution is 5.29. The average Bonchev–Trinajstić information content (AvgIpc) is 2.12. The Kier molecular flexibility index (Phi) is 2.85. The molecule has 1 aromatic heterocycles. The van der Waals surface area contributed by atoms with E-state index in [1.807, 2.05) is 0 Å². The van der Waals surface area contributed by atoms with Gasteiger partial charge in [0.05, 0.1) is 18.0 Å². The Morgan fingerprint density at radius 2 is 2.14 bits per heavy atom. The van der Waals surface area contributed by atoms with Crippen molar-refractivity contribution in [1.29, 1.82) is 0 Å². The lowest BCUT2D eigenvalue weighted by Crippen LogP contribution is -2.15. The molecule has 0 aromatic carbocycles. The molecule has 1 rings (SSSR count). The summed E-state index contributed by atoms with van der Waals surface area (Å²) in [6.45, 7) is -0.669. The predicted octanol–water partition coefficient (Wildman–Crippen LogP) is 0.521. The summed E-state index contributed by atoms with van der Waals surface area (Å²) >= 11 is 0. The van der Waals surface area contributed by atoms with Crippen LogP contribution in [-0.4, -0.2) is 14.8 Å². The number of halogens is 2. The van der Waals surface area contributed by atoms with Crippen molar-refractivity contribution in [2.75, 3.05) is 0 Å². The number of aromatic nitrogens is 1. The molecule has 0 aliphatic rings. The maximum atomic E-state index is 12.3. The summed E-state index contributed by atoms with van der Waals surface area (Å²) in [7, 11) is 1.24. The van der Waals surface area contributed by atoms with Crippen molar-refractivity contribution in [1.82, 2.24) is 4.57 Å². The molecule has 1 heterocycles. The van der Waals surface area contributed by atoms with Crippen LogP contribution < -0.4 is 5.43 Å². The number of nitrogens with zero attached hydrogens (tertiary/aromatic N) is 1. The molecular formula is C8H9F2NO3. The van der Waals surface area contributed by atoms with Gasteiger partial charge in [-0.2, -0.15) is 0 Å². The summed E-state index contributed by atoms with van der Waals surface area (Å²) in [5.74, 6) is -0.695. The second kappa shape index (κ2) is 3.75. The van der Waals surface area contributed by atoms with Gasteiger partial charge >= 0.3 is 0 Å². The second-order valence-electron chi connectivity index (χ2n) is 2.75. The molecule has 4 nitrogen and oxygen atoms in total. The summed E-state index contributed by atoms with van der Waals surface area (Å²) in [6.07, 6.45) is -2.82. The van der Waals surface area contributed by atoms with Crippen molar-refractivity contribution in [2.24, 2.45) is 7.05 Å². The lowest BCUT2D eigenvalue weighted by molar-refractivity contribution is 0.139. The van der Waals surface area contributed by atoms with Gasteiger partial charge in [0.15, 0.2) is 5.75 Å². The van der Waals surface area contributed by atoms with Crippen LogP contribution in [0, 0.1) is 0 Å². The Morgan fingerprint density at radius 1 is 1.57 bits per heavy atom. The highest BCUT2D eigenvalue weighted by Crippen LogP contribution is 2.21. The lowest BCUT2D eigenvalue weighted by Gasteiger charge is -2.13. The van der Waals surface area contributed by atoms with Crippen LogP contribution in [0.15, 0.2) is 10.9 Å². The summed E-state index contributed by atoms with van der Waals surface area (Å²) in [4.78, 5) is 11.0. The fraction of sp³-hybridized carbons (Fsp3) is 0.375. The van der Waals surface area contributed by atoms with Gasteiger partial charge in [-0.25, -0.2) is 8.78 Å². The van der Waals surface area contributed by atoms with Gasteiger partial charge in [0, 0.05) is 13.1 Å². The number of rotatable bonds is 2. The van der Waals surface area contributed by atoms with Crippen LogP contribution in [0.4, 0.5) is 8.78 Å². The van der Waals surface area contributed by atoms with Gasteiger partial charge in [-0.1, -0.05) is 0 Å². The Balaban J connectivity index is 3.51. The molecule has 0 radical (unpaired) electrons. The number of hydrogen-bond donors (Lipinski definition) is 2. The zero-order valence-corrected chi connectivity index (χ0v) is 7.37. The highest BCUT2D eigenvalue weighted by atomic mass is 19.3. The number of aliphatic hydroxyl groups is 1. The van der Waals surface area contributed by atoms with Crippen molar-refractivity contribution in [3.63, 3.8) is 0 Å². The first kappa shape index (κ1) is 10.6. The molecule has 1 aromatic rings. The standard InChI is InChI=1S/C8H9F2NO3/c1-11-4(8(9)10)2-6(13)7(14)5(11)3-12/h2,8,12,14H,3H2,1H3. The van der Waals surface area contributed by atoms with Crippen molar-refractivity contribution < 1.29 is 19.0 Å². The molecule has 0 unspecified atom stereocenters. The molecule has 78 valence electrons. The van der Waals surface area contributed by atoms with Crippen LogP contribution in [0.2, 0.25) is 0 Å². The molecule has 0 amide bonds. The second-order valence-corrected chi connectivity index (χ2v) is 2.75. The van der Waals surface area contributed by atoms with E-state index in [1.165, 1.54) is 7.05 Å². The first-order valence-corrected chi connectivity index (χ1v) is 3.79. The Bertz CT molecular complexity index is 400. The van der Waals surface area contributed by atoms with Gasteiger partial charge in [-0.3, -0.25) is 4.79 Å². The Hall–Kier alpha value is -1.43. The summed E-state index contributed by atoms with van der Waals surface area (Å²) in [5, 5.41) is 17.9. The zero-order chi connectivity index (χ0) is 10.9. The third-order valence-electron chi connectivity index (χ3n) is 1.95. The molecule has 0 saturated heterocycles. The maximum Gasteiger partial charge on any atom is 0.278 e. The minimum absolute atomic E-state index is 0.215. The van der Waals surface area contributed by atoms with Crippen LogP contribution in [-0.2, 0) is 13.7 Å². The van der Waals surface area contributed by atoms with Gasteiger partial charge in [-0.05, 0) is 0 Å². The van der Waals surface area contributed by atoms with Crippen molar-refractivity contribution in [3.8, 4) is 5.75 Å². The van der Waals surface area contributed by atoms with E-state index in [2.05, 4.69) is 0 Å². The molecule has 0 atom stereocenters. The number of aromatic hydroxyl groups is 1. The van der Waals surface area contributed by atoms with E-state index in [9.17, 15) is 13.6 Å². The van der Waals surface area contributed by atoms with Gasteiger partial charge in [0.25, 0.3) is 6.43 Å². The first-order valence-electron chi connectivity index (χ1n) is 3.79. The molecule has 2 N–H and O–H groups in total. The number of alkyl halides is 2. The van der Waals surface area contributed by atoms with Gasteiger partial charge in [0.2, 0.25) is 5.43 Å². The molecule has 14 heavy (non-hydrogen) atoms. The van der Waals surface area contributed by atoms with E-state index in [-0.39, 0.29) is 5.69 Å². The highest BCUT2D eigenvalue weighted by Gasteiger charge is 2.17. The largest absolute Gasteiger partial charge is 0.503 e. The SMILES string of the molecule is Cn1c(C(F)F)cc(=O)c(O)c1CO. The van der Waals surface area contributed by atoms with Crippen molar-refractivity contribution in [3.05, 3.63) is 27.7 Å². The van der Waals surface area contributed by atoms with Crippen LogP contribution in [0.3, 0.4) is 0 Å². The van der Waals surface area contributed by atoms with E-state index < -0.39 is 29.9 Å². The Morgan fingerprint density at radius 3 is 2.57 bits per heavy atom. The molecule has 0 aliphatic carbocycles. The third kappa shape index (κ3) is 1.60. The molecule has 0 aliphatic heterocycles. The molecular weight excluding hydrogens is 196 g/mol. The smallest absolute Gasteiger partial charge is 0.278 e. The molecule has 0 saturated carbocycles. The van der Waals surface area contributed by atoms with Crippen LogP contribution in [0.25, 0.3) is 0 Å². The number of hydrogen-bond acceptors (Lipinski definition) is 3. The quantitative estimate of drug-likeness (QED) is 0.739. The van der Waals surface area contributed by atoms with Gasteiger partial charge in [0.1, 0.15) is 0 Å². The zero-order valence-electron chi connectivity index (χ0n) is 7.37. The number of aliphatic hydroxyl groups excluding tert-OH is 1. The number of pyridine rings is 1. The average molecular weight is 205 g/mol. The summed E-state index contributed by atoms with van der Waals surface area (Å²) < 4.78 is 25.6. The predicted molar refractivity (Wildman–Crippen MR) is 44.2 cm³/mol. The Labute approximate surface area is 78.0 Å². The fourth-order valence-corrected chi connectivity index (χ4v) is 1.15.